The number of hydrogen-bond acceptors (Lipinski definition) is 5. The first kappa shape index (κ1) is 20.4. The molecule has 0 bridgehead atoms. The van der Waals surface area contributed by atoms with Crippen LogP contribution in [0.5, 0.6) is 5.75 Å². The van der Waals surface area contributed by atoms with Gasteiger partial charge in [-0.2, -0.15) is 0 Å². The number of nitrogens with one attached hydrogen (secondary N) is 1. The third-order valence-corrected chi connectivity index (χ3v) is 4.99. The van der Waals surface area contributed by atoms with Crippen LogP contribution in [0.1, 0.15) is 11.1 Å². The highest BCUT2D eigenvalue weighted by Crippen LogP contribution is 2.31. The van der Waals surface area contributed by atoms with Crippen LogP contribution in [-0.2, 0) is 13.0 Å². The standard InChI is InChI=1S/C22H25N3O2.ClH/c1-23-13-18(26)15-27-21-12-22(24-20-9-5-4-8-19(20)21)25-11-10-16-6-2-3-7-17(16)14-25;/h2-9,12,18,23,26H,10-11,13-15H2,1H3;1H/t18-;/m0./s1. The highest BCUT2D eigenvalue weighted by Gasteiger charge is 2.19. The molecule has 0 saturated carbocycles. The molecule has 0 aliphatic carbocycles. The van der Waals surface area contributed by atoms with E-state index in [1.807, 2.05) is 37.4 Å². The number of halogens is 1. The van der Waals surface area contributed by atoms with E-state index in [0.717, 1.165) is 42.0 Å². The molecule has 5 nitrogen and oxygen atoms in total. The molecule has 0 saturated heterocycles. The van der Waals surface area contributed by atoms with Crippen molar-refractivity contribution in [2.45, 2.75) is 19.1 Å². The Labute approximate surface area is 171 Å². The summed E-state index contributed by atoms with van der Waals surface area (Å²) in [5.74, 6) is 1.69. The molecular formula is C22H26ClN3O2. The molecule has 148 valence electrons. The van der Waals surface area contributed by atoms with Crippen LogP contribution in [0.2, 0.25) is 0 Å². The van der Waals surface area contributed by atoms with E-state index >= 15 is 0 Å². The summed E-state index contributed by atoms with van der Waals surface area (Å²) >= 11 is 0. The summed E-state index contributed by atoms with van der Waals surface area (Å²) in [6.07, 6.45) is 0.467. The van der Waals surface area contributed by atoms with Crippen molar-refractivity contribution in [3.63, 3.8) is 0 Å². The number of fused-ring (bicyclic) bond motifs is 2. The largest absolute Gasteiger partial charge is 0.490 e. The number of likely N-dealkylation sites (N-methyl/N-ethyl adjacent to an activating group) is 1. The molecule has 0 amide bonds. The summed E-state index contributed by atoms with van der Waals surface area (Å²) in [5.41, 5.74) is 3.68. The Morgan fingerprint density at radius 3 is 2.71 bits per heavy atom. The Hall–Kier alpha value is -2.34. The van der Waals surface area contributed by atoms with Gasteiger partial charge in [-0.25, -0.2) is 4.98 Å². The first-order chi connectivity index (χ1) is 13.2. The van der Waals surface area contributed by atoms with Crippen LogP contribution >= 0.6 is 12.4 Å². The number of para-hydroxylation sites is 1. The second-order valence-electron chi connectivity index (χ2n) is 6.96. The van der Waals surface area contributed by atoms with Crippen LogP contribution in [0.15, 0.2) is 54.6 Å². The van der Waals surface area contributed by atoms with Crippen LogP contribution in [0, 0.1) is 0 Å². The smallest absolute Gasteiger partial charge is 0.133 e. The van der Waals surface area contributed by atoms with Crippen molar-refractivity contribution in [3.8, 4) is 5.75 Å². The molecule has 1 aliphatic heterocycles. The van der Waals surface area contributed by atoms with E-state index in [1.165, 1.54) is 11.1 Å². The zero-order valence-corrected chi connectivity index (χ0v) is 16.8. The van der Waals surface area contributed by atoms with Gasteiger partial charge in [-0.1, -0.05) is 36.4 Å². The Morgan fingerprint density at radius 1 is 1.14 bits per heavy atom. The number of aliphatic hydroxyl groups excluding tert-OH is 1. The van der Waals surface area contributed by atoms with Crippen molar-refractivity contribution < 1.29 is 9.84 Å². The van der Waals surface area contributed by atoms with Gasteiger partial charge in [0.15, 0.2) is 0 Å². The van der Waals surface area contributed by atoms with Gasteiger partial charge in [-0.3, -0.25) is 0 Å². The van der Waals surface area contributed by atoms with Crippen molar-refractivity contribution in [2.75, 3.05) is 31.6 Å². The van der Waals surface area contributed by atoms with Crippen LogP contribution in [0.4, 0.5) is 5.82 Å². The summed E-state index contributed by atoms with van der Waals surface area (Å²) in [5, 5.41) is 13.9. The number of rotatable bonds is 6. The molecule has 6 heteroatoms. The van der Waals surface area contributed by atoms with Gasteiger partial charge in [-0.05, 0) is 36.7 Å². The average Bonchev–Trinajstić information content (AvgIpc) is 2.71. The maximum atomic E-state index is 10.00. The lowest BCUT2D eigenvalue weighted by molar-refractivity contribution is 0.109. The number of ether oxygens (including phenoxy) is 1. The van der Waals surface area contributed by atoms with Crippen molar-refractivity contribution in [1.29, 1.82) is 0 Å². The lowest BCUT2D eigenvalue weighted by Gasteiger charge is -2.30. The number of nitrogens with zero attached hydrogens (tertiary/aromatic N) is 2. The van der Waals surface area contributed by atoms with Gasteiger partial charge in [0.1, 0.15) is 24.3 Å². The Morgan fingerprint density at radius 2 is 1.89 bits per heavy atom. The van der Waals surface area contributed by atoms with E-state index in [4.69, 9.17) is 9.72 Å². The minimum Gasteiger partial charge on any atom is -0.490 e. The number of anilines is 1. The van der Waals surface area contributed by atoms with Gasteiger partial charge >= 0.3 is 0 Å². The van der Waals surface area contributed by atoms with Crippen LogP contribution in [0.25, 0.3) is 10.9 Å². The van der Waals surface area contributed by atoms with Gasteiger partial charge < -0.3 is 20.1 Å². The fourth-order valence-corrected chi connectivity index (χ4v) is 3.58. The molecule has 0 unspecified atom stereocenters. The predicted molar refractivity (Wildman–Crippen MR) is 116 cm³/mol. The summed E-state index contributed by atoms with van der Waals surface area (Å²) in [4.78, 5) is 7.16. The monoisotopic (exact) mass is 399 g/mol. The molecule has 0 spiro atoms. The summed E-state index contributed by atoms with van der Waals surface area (Å²) in [7, 11) is 1.82. The number of benzene rings is 2. The van der Waals surface area contributed by atoms with E-state index in [-0.39, 0.29) is 19.0 Å². The molecular weight excluding hydrogens is 374 g/mol. The highest BCUT2D eigenvalue weighted by molar-refractivity contribution is 5.87. The summed E-state index contributed by atoms with van der Waals surface area (Å²) in [6.45, 7) is 2.53. The Balaban J connectivity index is 0.00000225. The van der Waals surface area contributed by atoms with E-state index in [1.54, 1.807) is 0 Å². The van der Waals surface area contributed by atoms with Crippen molar-refractivity contribution in [3.05, 3.63) is 65.7 Å². The van der Waals surface area contributed by atoms with Crippen molar-refractivity contribution in [2.24, 2.45) is 0 Å². The number of hydrogen-bond donors (Lipinski definition) is 2. The third kappa shape index (κ3) is 4.38. The molecule has 1 aliphatic rings. The second-order valence-corrected chi connectivity index (χ2v) is 6.96. The van der Waals surface area contributed by atoms with Crippen LogP contribution in [-0.4, -0.2) is 42.9 Å². The maximum absolute atomic E-state index is 10.00. The summed E-state index contributed by atoms with van der Waals surface area (Å²) in [6, 6.07) is 18.6. The van der Waals surface area contributed by atoms with Crippen molar-refractivity contribution >= 4 is 29.1 Å². The molecule has 2 N–H and O–H groups in total. The fourth-order valence-electron chi connectivity index (χ4n) is 3.58. The molecule has 3 aromatic rings. The molecule has 0 fully saturated rings. The molecule has 2 heterocycles. The third-order valence-electron chi connectivity index (χ3n) is 4.99. The minimum atomic E-state index is -0.549. The maximum Gasteiger partial charge on any atom is 0.133 e. The SMILES string of the molecule is CNC[C@H](O)COc1cc(N2CCc3ccccc3C2)nc2ccccc12.Cl. The quantitative estimate of drug-likeness (QED) is 0.666. The van der Waals surface area contributed by atoms with Crippen LogP contribution in [0.3, 0.4) is 0 Å². The molecule has 1 aromatic heterocycles. The average molecular weight is 400 g/mol. The van der Waals surface area contributed by atoms with Gasteiger partial charge in [0.25, 0.3) is 0 Å². The molecule has 2 aromatic carbocycles. The van der Waals surface area contributed by atoms with Crippen LogP contribution < -0.4 is 15.0 Å². The van der Waals surface area contributed by atoms with E-state index < -0.39 is 6.10 Å². The van der Waals surface area contributed by atoms with E-state index in [9.17, 15) is 5.11 Å². The number of pyridine rings is 1. The Bertz CT molecular complexity index is 935. The zero-order chi connectivity index (χ0) is 18.6. The Kier molecular flexibility index (Phi) is 6.73. The zero-order valence-electron chi connectivity index (χ0n) is 16.0. The first-order valence-corrected chi connectivity index (χ1v) is 9.41. The first-order valence-electron chi connectivity index (χ1n) is 9.41. The fraction of sp³-hybridized carbons (Fsp3) is 0.318. The molecule has 4 rings (SSSR count). The minimum absolute atomic E-state index is 0. The predicted octanol–water partition coefficient (Wildman–Crippen LogP) is 3.18. The van der Waals surface area contributed by atoms with Crippen molar-refractivity contribution in [1.82, 2.24) is 10.3 Å². The van der Waals surface area contributed by atoms with Gasteiger partial charge in [-0.15, -0.1) is 12.4 Å². The molecule has 1 atom stereocenters. The van der Waals surface area contributed by atoms with E-state index in [0.29, 0.717) is 6.54 Å². The lowest BCUT2D eigenvalue weighted by Crippen LogP contribution is -2.31. The van der Waals surface area contributed by atoms with Gasteiger partial charge in [0, 0.05) is 31.1 Å². The molecule has 28 heavy (non-hydrogen) atoms. The normalized spacial score (nSPS) is 14.3. The lowest BCUT2D eigenvalue weighted by atomic mass is 10.00. The second kappa shape index (κ2) is 9.24. The highest BCUT2D eigenvalue weighted by atomic mass is 35.5. The van der Waals surface area contributed by atoms with E-state index in [2.05, 4.69) is 34.5 Å². The molecule has 0 radical (unpaired) electrons. The topological polar surface area (TPSA) is 57.6 Å². The number of aromatic nitrogens is 1. The van der Waals surface area contributed by atoms with Gasteiger partial charge in [0.05, 0.1) is 5.52 Å². The summed E-state index contributed by atoms with van der Waals surface area (Å²) < 4.78 is 5.98. The van der Waals surface area contributed by atoms with Gasteiger partial charge in [0.2, 0.25) is 0 Å². The number of aliphatic hydroxyl groups is 1.